The monoisotopic (exact) mass is 330 g/mol. The fourth-order valence-electron chi connectivity index (χ4n) is 6.34. The lowest BCUT2D eigenvalue weighted by atomic mass is 9.46. The number of hydrogen-bond acceptors (Lipinski definition) is 3. The highest BCUT2D eigenvalue weighted by Crippen LogP contribution is 2.67. The summed E-state index contributed by atoms with van der Waals surface area (Å²) in [7, 11) is 1.44. The summed E-state index contributed by atoms with van der Waals surface area (Å²) in [5, 5.41) is 0. The zero-order valence-corrected chi connectivity index (χ0v) is 15.3. The Bertz CT molecular complexity index is 604. The lowest BCUT2D eigenvalue weighted by molar-refractivity contribution is -0.146. The lowest BCUT2D eigenvalue weighted by Gasteiger charge is -2.57. The van der Waals surface area contributed by atoms with Crippen LogP contribution in [0.25, 0.3) is 0 Å². The topological polar surface area (TPSA) is 43.4 Å². The quantitative estimate of drug-likeness (QED) is 0.434. The highest BCUT2D eigenvalue weighted by molar-refractivity contribution is 6.03. The minimum absolute atomic E-state index is 0.0659. The van der Waals surface area contributed by atoms with Crippen LogP contribution in [0.2, 0.25) is 0 Å². The normalized spacial score (nSPS) is 41.0. The molecule has 132 valence electrons. The molecule has 0 amide bonds. The Hall–Kier alpha value is -1.38. The van der Waals surface area contributed by atoms with Crippen LogP contribution in [0.3, 0.4) is 0 Å². The van der Waals surface area contributed by atoms with Gasteiger partial charge in [-0.05, 0) is 74.2 Å². The Balaban J connectivity index is 1.98. The van der Waals surface area contributed by atoms with Gasteiger partial charge >= 0.3 is 5.97 Å². The van der Waals surface area contributed by atoms with Crippen LogP contribution in [0.4, 0.5) is 0 Å². The molecule has 0 aliphatic heterocycles. The number of hydrogen-bond donors (Lipinski definition) is 0. The van der Waals surface area contributed by atoms with Crippen LogP contribution in [0.1, 0.15) is 58.8 Å². The van der Waals surface area contributed by atoms with Crippen molar-refractivity contribution in [1.29, 1.82) is 0 Å². The molecule has 2 bridgehead atoms. The van der Waals surface area contributed by atoms with Crippen molar-refractivity contribution in [3.63, 3.8) is 0 Å². The fourth-order valence-corrected chi connectivity index (χ4v) is 6.34. The van der Waals surface area contributed by atoms with E-state index in [1.165, 1.54) is 12.7 Å². The molecule has 0 heterocycles. The van der Waals surface area contributed by atoms with Crippen molar-refractivity contribution >= 4 is 11.8 Å². The lowest BCUT2D eigenvalue weighted by Crippen LogP contribution is -2.53. The minimum atomic E-state index is -0.225. The van der Waals surface area contributed by atoms with Gasteiger partial charge in [-0.15, -0.1) is 0 Å². The molecule has 3 nitrogen and oxygen atoms in total. The molecule has 0 unspecified atom stereocenters. The van der Waals surface area contributed by atoms with E-state index in [1.54, 1.807) is 0 Å². The smallest absolute Gasteiger partial charge is 0.305 e. The van der Waals surface area contributed by atoms with Crippen LogP contribution in [0.5, 0.6) is 0 Å². The van der Waals surface area contributed by atoms with Gasteiger partial charge in [-0.25, -0.2) is 0 Å². The zero-order chi connectivity index (χ0) is 17.7. The third-order valence-electron chi connectivity index (χ3n) is 7.48. The average molecular weight is 330 g/mol. The first-order valence-corrected chi connectivity index (χ1v) is 9.22. The Morgan fingerprint density at radius 3 is 2.67 bits per heavy atom. The van der Waals surface area contributed by atoms with Crippen LogP contribution in [0, 0.1) is 28.6 Å². The second-order valence-electron chi connectivity index (χ2n) is 8.56. The molecule has 0 aromatic heterocycles. The second-order valence-corrected chi connectivity index (χ2v) is 8.56. The van der Waals surface area contributed by atoms with E-state index in [1.807, 2.05) is 0 Å². The van der Waals surface area contributed by atoms with Crippen molar-refractivity contribution in [2.75, 3.05) is 7.11 Å². The molecule has 0 N–H and O–H groups in total. The summed E-state index contributed by atoms with van der Waals surface area (Å²) in [5.41, 5.74) is 1.76. The van der Waals surface area contributed by atoms with E-state index in [0.29, 0.717) is 30.0 Å². The summed E-state index contributed by atoms with van der Waals surface area (Å²) >= 11 is 0. The highest BCUT2D eigenvalue weighted by atomic mass is 16.5. The van der Waals surface area contributed by atoms with Crippen LogP contribution >= 0.6 is 0 Å². The summed E-state index contributed by atoms with van der Waals surface area (Å²) in [6.45, 7) is 12.7. The number of esters is 1. The molecule has 3 saturated carbocycles. The molecule has 0 saturated heterocycles. The average Bonchev–Trinajstić information content (AvgIpc) is 2.73. The zero-order valence-electron chi connectivity index (χ0n) is 15.3. The van der Waals surface area contributed by atoms with Gasteiger partial charge in [0.05, 0.1) is 7.11 Å². The first-order valence-electron chi connectivity index (χ1n) is 9.22. The van der Waals surface area contributed by atoms with Gasteiger partial charge in [-0.3, -0.25) is 9.59 Å². The Morgan fingerprint density at radius 2 is 2.04 bits per heavy atom. The fraction of sp³-hybridized carbons (Fsp3) is 0.714. The van der Waals surface area contributed by atoms with Gasteiger partial charge in [0.25, 0.3) is 0 Å². The third-order valence-corrected chi connectivity index (χ3v) is 7.48. The van der Waals surface area contributed by atoms with Crippen LogP contribution < -0.4 is 0 Å². The van der Waals surface area contributed by atoms with Crippen molar-refractivity contribution in [3.8, 4) is 0 Å². The van der Waals surface area contributed by atoms with Crippen molar-refractivity contribution in [1.82, 2.24) is 0 Å². The second kappa shape index (κ2) is 5.86. The number of rotatable bonds is 4. The molecule has 0 aromatic carbocycles. The predicted molar refractivity (Wildman–Crippen MR) is 94.3 cm³/mol. The number of fused-ring (bicyclic) bond motifs is 1. The first kappa shape index (κ1) is 17.4. The number of ether oxygens (including phenoxy) is 1. The van der Waals surface area contributed by atoms with Gasteiger partial charge in [-0.1, -0.05) is 25.7 Å². The van der Waals surface area contributed by atoms with Crippen LogP contribution in [-0.4, -0.2) is 18.9 Å². The molecule has 0 aromatic rings. The molecular weight excluding hydrogens is 300 g/mol. The van der Waals surface area contributed by atoms with Gasteiger partial charge in [0.15, 0.2) is 5.78 Å². The number of Topliss-reactive ketones (excluding diaryl/α,β-unsaturated/α-hetero) is 1. The van der Waals surface area contributed by atoms with E-state index < -0.39 is 0 Å². The number of carbonyl (C=O) groups is 2. The van der Waals surface area contributed by atoms with E-state index in [0.717, 1.165) is 44.1 Å². The van der Waals surface area contributed by atoms with E-state index in [4.69, 9.17) is 4.74 Å². The van der Waals surface area contributed by atoms with E-state index >= 15 is 0 Å². The molecule has 24 heavy (non-hydrogen) atoms. The summed E-state index contributed by atoms with van der Waals surface area (Å²) in [6.07, 6.45) is 6.25. The SMILES string of the molecule is C=C1C(=O)[C@@]23CC[C@H](C(=C)C)[C@@](C)(CCC(=O)OC)[C@@H]2CC[C@@H]1C3. The molecule has 3 rings (SSSR count). The predicted octanol–water partition coefficient (Wildman–Crippen LogP) is 4.47. The van der Waals surface area contributed by atoms with Gasteiger partial charge in [-0.2, -0.15) is 0 Å². The highest BCUT2D eigenvalue weighted by Gasteiger charge is 2.64. The van der Waals surface area contributed by atoms with Gasteiger partial charge < -0.3 is 4.74 Å². The summed E-state index contributed by atoms with van der Waals surface area (Å²) in [4.78, 5) is 24.9. The minimum Gasteiger partial charge on any atom is -0.469 e. The van der Waals surface area contributed by atoms with Crippen molar-refractivity contribution in [2.45, 2.75) is 58.8 Å². The van der Waals surface area contributed by atoms with Crippen molar-refractivity contribution in [3.05, 3.63) is 24.3 Å². The Morgan fingerprint density at radius 1 is 1.33 bits per heavy atom. The van der Waals surface area contributed by atoms with Gasteiger partial charge in [0.2, 0.25) is 0 Å². The Kier molecular flexibility index (Phi) is 4.26. The molecule has 5 atom stereocenters. The number of ketones is 1. The first-order chi connectivity index (χ1) is 11.3. The number of allylic oxidation sites excluding steroid dienone is 2. The largest absolute Gasteiger partial charge is 0.469 e. The van der Waals surface area contributed by atoms with E-state index in [2.05, 4.69) is 27.0 Å². The Labute approximate surface area is 145 Å². The summed E-state index contributed by atoms with van der Waals surface area (Å²) in [6, 6.07) is 0. The molecular formula is C21H30O3. The summed E-state index contributed by atoms with van der Waals surface area (Å²) in [5.74, 6) is 1.25. The van der Waals surface area contributed by atoms with E-state index in [9.17, 15) is 9.59 Å². The maximum Gasteiger partial charge on any atom is 0.305 e. The molecule has 3 aliphatic rings. The standard InChI is InChI=1S/C21H30O3/c1-13(2)16-8-11-21-12-15(14(3)19(21)23)6-7-17(21)20(16,4)10-9-18(22)24-5/h15-17H,1,3,6-12H2,2,4-5H3/t15-,16-,17+,20-,21-/m1/s1. The maximum atomic E-state index is 13.1. The van der Waals surface area contributed by atoms with Crippen molar-refractivity contribution in [2.24, 2.45) is 28.6 Å². The summed E-state index contributed by atoms with van der Waals surface area (Å²) < 4.78 is 4.87. The van der Waals surface area contributed by atoms with Crippen molar-refractivity contribution < 1.29 is 14.3 Å². The van der Waals surface area contributed by atoms with Gasteiger partial charge in [0.1, 0.15) is 0 Å². The molecule has 3 aliphatic carbocycles. The molecule has 3 heteroatoms. The molecule has 1 spiro atoms. The van der Waals surface area contributed by atoms with Crippen LogP contribution in [0.15, 0.2) is 24.3 Å². The molecule has 0 radical (unpaired) electrons. The molecule has 3 fully saturated rings. The maximum absolute atomic E-state index is 13.1. The number of carbonyl (C=O) groups excluding carboxylic acids is 2. The third kappa shape index (κ3) is 2.31. The number of methoxy groups -OCH3 is 1. The van der Waals surface area contributed by atoms with Gasteiger partial charge in [0, 0.05) is 11.8 Å². The van der Waals surface area contributed by atoms with E-state index in [-0.39, 0.29) is 16.8 Å². The van der Waals surface area contributed by atoms with Crippen LogP contribution in [-0.2, 0) is 14.3 Å².